The molecule has 268 valence electrons. The van der Waals surface area contributed by atoms with Crippen LogP contribution in [0.1, 0.15) is 113 Å². The number of halogens is 1. The maximum absolute atomic E-state index is 13.8. The molecule has 3 rings (SSSR count). The van der Waals surface area contributed by atoms with Gasteiger partial charge in [-0.05, 0) is 73.8 Å². The molecule has 2 aromatic carbocycles. The van der Waals surface area contributed by atoms with Gasteiger partial charge in [-0.3, -0.25) is 19.2 Å². The third-order valence-electron chi connectivity index (χ3n) is 9.53. The smallest absolute Gasteiger partial charge is 0.327 e. The molecule has 1 heterocycles. The van der Waals surface area contributed by atoms with Gasteiger partial charge in [-0.2, -0.15) is 0 Å². The number of anilines is 2. The Balaban J connectivity index is 1.89. The molecule has 49 heavy (non-hydrogen) atoms. The highest BCUT2D eigenvalue weighted by atomic mass is 35.5. The van der Waals surface area contributed by atoms with E-state index in [1.807, 2.05) is 13.0 Å². The van der Waals surface area contributed by atoms with Crippen molar-refractivity contribution in [1.82, 2.24) is 10.2 Å². The van der Waals surface area contributed by atoms with E-state index in [1.54, 1.807) is 12.1 Å². The van der Waals surface area contributed by atoms with E-state index in [1.165, 1.54) is 52.3 Å². The minimum Gasteiger partial charge on any atom is -0.480 e. The first-order valence-corrected chi connectivity index (χ1v) is 17.3. The number of alkyl halides is 1. The second kappa shape index (κ2) is 14.1. The molecule has 1 aliphatic heterocycles. The highest BCUT2D eigenvalue weighted by Gasteiger charge is 2.62. The van der Waals surface area contributed by atoms with E-state index in [-0.39, 0.29) is 22.4 Å². The van der Waals surface area contributed by atoms with Crippen molar-refractivity contribution in [2.24, 2.45) is 5.41 Å². The van der Waals surface area contributed by atoms with Crippen LogP contribution in [0.15, 0.2) is 42.5 Å². The van der Waals surface area contributed by atoms with Crippen molar-refractivity contribution in [3.63, 3.8) is 0 Å². The number of ether oxygens (including phenoxy) is 1. The van der Waals surface area contributed by atoms with E-state index in [0.29, 0.717) is 22.8 Å². The summed E-state index contributed by atoms with van der Waals surface area (Å²) in [5.41, 5.74) is -0.0248. The predicted octanol–water partition coefficient (Wildman–Crippen LogP) is 7.68. The Morgan fingerprint density at radius 1 is 0.878 bits per heavy atom. The second-order valence-electron chi connectivity index (χ2n) is 15.6. The van der Waals surface area contributed by atoms with Gasteiger partial charge in [0.25, 0.3) is 22.7 Å². The van der Waals surface area contributed by atoms with Gasteiger partial charge >= 0.3 is 6.03 Å². The number of ketones is 1. The molecule has 0 bridgehead atoms. The highest BCUT2D eigenvalue weighted by Crippen LogP contribution is 2.40. The molecule has 2 unspecified atom stereocenters. The van der Waals surface area contributed by atoms with Gasteiger partial charge in [-0.1, -0.05) is 99.0 Å². The summed E-state index contributed by atoms with van der Waals surface area (Å²) in [5.74, 6) is -2.49. The Morgan fingerprint density at radius 3 is 1.94 bits per heavy atom. The summed E-state index contributed by atoms with van der Waals surface area (Å²) in [7, 11) is 0. The first-order valence-electron chi connectivity index (χ1n) is 16.9. The predicted molar refractivity (Wildman–Crippen MR) is 194 cm³/mol. The number of Topliss-reactive ketones (excluding diaryl/α,β-unsaturated/α-hetero) is 1. The summed E-state index contributed by atoms with van der Waals surface area (Å²) in [6.45, 7) is 22.4. The second-order valence-corrected chi connectivity index (χ2v) is 16.2. The summed E-state index contributed by atoms with van der Waals surface area (Å²) >= 11 is 6.75. The molecule has 3 N–H and O–H groups in total. The van der Waals surface area contributed by atoms with Crippen molar-refractivity contribution in [2.45, 2.75) is 130 Å². The van der Waals surface area contributed by atoms with Crippen LogP contribution >= 0.6 is 11.6 Å². The number of benzene rings is 2. The van der Waals surface area contributed by atoms with Crippen molar-refractivity contribution in [1.29, 1.82) is 0 Å². The number of hydrogen-bond donors (Lipinski definition) is 3. The fraction of sp³-hybridized carbons (Fsp3) is 0.553. The number of nitrogens with zero attached hydrogens (tertiary/aromatic N) is 1. The molecule has 1 fully saturated rings. The van der Waals surface area contributed by atoms with E-state index in [9.17, 15) is 24.0 Å². The molecule has 2 aromatic rings. The summed E-state index contributed by atoms with van der Waals surface area (Å²) in [4.78, 5) is 64.9. The third-order valence-corrected chi connectivity index (χ3v) is 10.0. The monoisotopic (exact) mass is 696 g/mol. The molecular weight excluding hydrogens is 644 g/mol. The lowest BCUT2D eigenvalue weighted by atomic mass is 9.76. The molecule has 0 spiro atoms. The number of imide groups is 1. The Bertz CT molecular complexity index is 1630. The Labute approximate surface area is 296 Å². The summed E-state index contributed by atoms with van der Waals surface area (Å²) in [5, 5.41) is 7.92. The lowest BCUT2D eigenvalue weighted by molar-refractivity contribution is -0.147. The third kappa shape index (κ3) is 8.11. The molecule has 5 amide bonds. The molecule has 11 heteroatoms. The highest BCUT2D eigenvalue weighted by molar-refractivity contribution is 6.50. The number of amides is 5. The fourth-order valence-electron chi connectivity index (χ4n) is 5.40. The number of carbonyl (C=O) groups excluding carboxylic acids is 5. The molecule has 1 saturated heterocycles. The van der Waals surface area contributed by atoms with Crippen LogP contribution in [0.5, 0.6) is 5.75 Å². The number of nitrogens with one attached hydrogen (secondary N) is 3. The van der Waals surface area contributed by atoms with Crippen molar-refractivity contribution < 1.29 is 28.7 Å². The zero-order valence-electron chi connectivity index (χ0n) is 31.0. The normalized spacial score (nSPS) is 16.8. The first-order chi connectivity index (χ1) is 22.5. The molecule has 0 aliphatic carbocycles. The summed E-state index contributed by atoms with van der Waals surface area (Å²) < 4.78 is 6.40. The fourth-order valence-corrected chi connectivity index (χ4v) is 5.88. The minimum absolute atomic E-state index is 0.0186. The van der Waals surface area contributed by atoms with Crippen molar-refractivity contribution in [2.75, 3.05) is 10.6 Å². The van der Waals surface area contributed by atoms with Gasteiger partial charge in [0.15, 0.2) is 11.9 Å². The maximum atomic E-state index is 13.8. The van der Waals surface area contributed by atoms with E-state index < -0.39 is 45.7 Å². The van der Waals surface area contributed by atoms with Crippen LogP contribution in [0.25, 0.3) is 0 Å². The first kappa shape index (κ1) is 39.5. The van der Waals surface area contributed by atoms with Crippen LogP contribution < -0.4 is 20.7 Å². The Hall–Kier alpha value is -3.92. The van der Waals surface area contributed by atoms with Gasteiger partial charge in [-0.25, -0.2) is 9.69 Å². The van der Waals surface area contributed by atoms with Crippen molar-refractivity contribution in [3.8, 4) is 5.75 Å². The van der Waals surface area contributed by atoms with Crippen molar-refractivity contribution in [3.05, 3.63) is 53.6 Å². The van der Waals surface area contributed by atoms with E-state index in [0.717, 1.165) is 18.4 Å². The van der Waals surface area contributed by atoms with Crippen LogP contribution in [0.2, 0.25) is 0 Å². The van der Waals surface area contributed by atoms with E-state index >= 15 is 0 Å². The van der Waals surface area contributed by atoms with Crippen LogP contribution in [0.4, 0.5) is 16.2 Å². The molecule has 10 nitrogen and oxygen atoms in total. The Morgan fingerprint density at radius 2 is 1.45 bits per heavy atom. The molecule has 2 atom stereocenters. The molecular formula is C38H53ClN4O6. The zero-order chi connectivity index (χ0) is 37.3. The lowest BCUT2D eigenvalue weighted by Crippen LogP contribution is -2.63. The molecule has 0 radical (unpaired) electrons. The SMILES string of the molecule is CCC(Oc1ccc(C(C)(C)CC)cc1C(C)(C)CC)C(=O)Nc1cccc(NC(=O)C(Cl)(C(=O)C(C)(C)C)N2C(=O)NC(C)(C)C2=O)c1. The Kier molecular flexibility index (Phi) is 11.4. The van der Waals surface area contributed by atoms with Gasteiger partial charge < -0.3 is 20.7 Å². The molecule has 1 aliphatic rings. The van der Waals surface area contributed by atoms with Gasteiger partial charge in [0.1, 0.15) is 11.3 Å². The van der Waals surface area contributed by atoms with Crippen LogP contribution in [-0.2, 0) is 30.0 Å². The average molecular weight is 697 g/mol. The van der Waals surface area contributed by atoms with E-state index in [2.05, 4.69) is 69.6 Å². The van der Waals surface area contributed by atoms with Crippen LogP contribution in [0, 0.1) is 5.41 Å². The lowest BCUT2D eigenvalue weighted by Gasteiger charge is -2.36. The van der Waals surface area contributed by atoms with Crippen LogP contribution in [-0.4, -0.2) is 51.1 Å². The zero-order valence-corrected chi connectivity index (χ0v) is 31.8. The summed E-state index contributed by atoms with van der Waals surface area (Å²) in [6.07, 6.45) is 1.42. The quantitative estimate of drug-likeness (QED) is 0.0852. The van der Waals surface area contributed by atoms with Crippen LogP contribution in [0.3, 0.4) is 0 Å². The molecule has 0 aromatic heterocycles. The number of carbonyl (C=O) groups is 5. The number of rotatable bonds is 13. The van der Waals surface area contributed by atoms with Gasteiger partial charge in [0.05, 0.1) is 0 Å². The van der Waals surface area contributed by atoms with Gasteiger partial charge in [0, 0.05) is 22.4 Å². The number of hydrogen-bond acceptors (Lipinski definition) is 6. The minimum atomic E-state index is -2.68. The number of urea groups is 1. The molecule has 0 saturated carbocycles. The topological polar surface area (TPSA) is 134 Å². The largest absolute Gasteiger partial charge is 0.480 e. The standard InChI is InChI=1S/C38H53ClN4O6/c1-13-27(49-28-20-19-23(35(7,8)14-2)21-26(28)36(9,10)15-3)29(44)40-24-17-16-18-25(22-24)41-31(46)38(39,30(45)34(4,5)6)43-32(47)37(11,12)42-33(43)48/h16-22,27H,13-15H2,1-12H3,(H,40,44)(H,41,46)(H,42,48). The average Bonchev–Trinajstić information content (AvgIpc) is 3.23. The van der Waals surface area contributed by atoms with E-state index in [4.69, 9.17) is 16.3 Å². The van der Waals surface area contributed by atoms with Gasteiger partial charge in [-0.15, -0.1) is 0 Å². The van der Waals surface area contributed by atoms with Gasteiger partial charge in [0.2, 0.25) is 0 Å². The van der Waals surface area contributed by atoms with Crippen molar-refractivity contribution >= 4 is 52.5 Å². The summed E-state index contributed by atoms with van der Waals surface area (Å²) in [6, 6.07) is 11.5. The maximum Gasteiger partial charge on any atom is 0.327 e.